The Morgan fingerprint density at radius 3 is 2.39 bits per heavy atom. The number of anilines is 1. The summed E-state index contributed by atoms with van der Waals surface area (Å²) in [4.78, 5) is 13.9. The fourth-order valence-corrected chi connectivity index (χ4v) is 8.20. The molecule has 2 heterocycles. The van der Waals surface area contributed by atoms with E-state index in [1.54, 1.807) is 12.1 Å². The van der Waals surface area contributed by atoms with E-state index in [1.807, 2.05) is 69.4 Å². The number of carbonyl (C=O) groups is 1. The number of unbranched alkanes of at least 4 members (excludes halogenated alkanes) is 2. The van der Waals surface area contributed by atoms with Gasteiger partial charge in [0.2, 0.25) is 5.69 Å². The van der Waals surface area contributed by atoms with E-state index in [-0.39, 0.29) is 16.7 Å². The Hall–Kier alpha value is -4.04. The molecule has 2 aliphatic heterocycles. The number of carboxylic acids is 1. The van der Waals surface area contributed by atoms with Crippen LogP contribution in [0, 0.1) is 0 Å². The molecular weight excluding hydrogens is 689 g/mol. The number of likely N-dealkylation sites (N-methyl/N-ethyl adjacent to an activating group) is 1. The topological polar surface area (TPSA) is 137 Å². The third kappa shape index (κ3) is 8.06. The van der Waals surface area contributed by atoms with Gasteiger partial charge < -0.3 is 10.0 Å². The summed E-state index contributed by atoms with van der Waals surface area (Å²) in [6.07, 6.45) is 16.6. The Morgan fingerprint density at radius 1 is 0.941 bits per heavy atom. The minimum absolute atomic E-state index is 0.110. The molecule has 0 spiro atoms. The summed E-state index contributed by atoms with van der Waals surface area (Å²) in [5.41, 5.74) is 5.47. The molecule has 3 aromatic rings. The molecule has 0 fully saturated rings. The molecule has 0 amide bonds. The number of rotatable bonds is 15. The Bertz CT molecular complexity index is 2080. The number of hydrogen-bond acceptors (Lipinski definition) is 8. The molecular formula is C39H45N2O8S2+. The lowest BCUT2D eigenvalue weighted by Crippen LogP contribution is -2.28. The minimum Gasteiger partial charge on any atom is -0.481 e. The maximum atomic E-state index is 11.8. The highest BCUT2D eigenvalue weighted by Gasteiger charge is 2.45. The highest BCUT2D eigenvalue weighted by molar-refractivity contribution is 7.94. The predicted molar refractivity (Wildman–Crippen MR) is 201 cm³/mol. The quantitative estimate of drug-likeness (QED) is 0.0264. The Balaban J connectivity index is 1.39. The predicted octanol–water partition coefficient (Wildman–Crippen LogP) is 8.91. The summed E-state index contributed by atoms with van der Waals surface area (Å²) >= 11 is 0.925. The first kappa shape index (κ1) is 38.2. The van der Waals surface area contributed by atoms with Gasteiger partial charge in [-0.1, -0.05) is 55.3 Å². The van der Waals surface area contributed by atoms with Gasteiger partial charge in [-0.05, 0) is 92.4 Å². The summed E-state index contributed by atoms with van der Waals surface area (Å²) in [7, 11) is -4.31. The fraction of sp³-hybridized carbons (Fsp3) is 0.333. The van der Waals surface area contributed by atoms with Gasteiger partial charge in [0.1, 0.15) is 6.54 Å². The summed E-state index contributed by atoms with van der Waals surface area (Å²) in [6, 6.07) is 14.9. The van der Waals surface area contributed by atoms with Crippen LogP contribution in [0.15, 0.2) is 107 Å². The molecule has 270 valence electrons. The van der Waals surface area contributed by atoms with Crippen molar-refractivity contribution in [1.29, 1.82) is 0 Å². The molecule has 0 saturated heterocycles. The highest BCUT2D eigenvalue weighted by Crippen LogP contribution is 2.48. The number of aliphatic carboxylic acids is 1. The van der Waals surface area contributed by atoms with Gasteiger partial charge in [0.15, 0.2) is 5.71 Å². The van der Waals surface area contributed by atoms with Crippen molar-refractivity contribution in [2.75, 3.05) is 18.0 Å². The first-order valence-corrected chi connectivity index (χ1v) is 19.1. The molecule has 5 rings (SSSR count). The zero-order valence-corrected chi connectivity index (χ0v) is 31.1. The van der Waals surface area contributed by atoms with Crippen LogP contribution in [0.25, 0.3) is 10.8 Å². The van der Waals surface area contributed by atoms with Crippen molar-refractivity contribution in [3.63, 3.8) is 0 Å². The average molecular weight is 734 g/mol. The monoisotopic (exact) mass is 733 g/mol. The second-order valence-corrected chi connectivity index (χ2v) is 15.8. The fourth-order valence-electron chi connectivity index (χ4n) is 7.28. The lowest BCUT2D eigenvalue weighted by Gasteiger charge is -2.25. The van der Waals surface area contributed by atoms with Crippen LogP contribution in [0.3, 0.4) is 0 Å². The van der Waals surface area contributed by atoms with E-state index in [9.17, 15) is 17.8 Å². The molecule has 12 heteroatoms. The molecule has 0 aromatic heterocycles. The molecule has 51 heavy (non-hydrogen) atoms. The van der Waals surface area contributed by atoms with E-state index in [1.165, 1.54) is 11.6 Å². The van der Waals surface area contributed by atoms with Crippen molar-refractivity contribution in [3.05, 3.63) is 108 Å². The summed E-state index contributed by atoms with van der Waals surface area (Å²) < 4.78 is 40.2. The Morgan fingerprint density at radius 2 is 1.69 bits per heavy atom. The van der Waals surface area contributed by atoms with Gasteiger partial charge in [0.25, 0.3) is 10.1 Å². The molecule has 10 nitrogen and oxygen atoms in total. The normalized spacial score (nSPS) is 17.5. The van der Waals surface area contributed by atoms with E-state index in [0.717, 1.165) is 75.4 Å². The zero-order chi connectivity index (χ0) is 37.0. The van der Waals surface area contributed by atoms with E-state index >= 15 is 0 Å². The Labute approximate surface area is 303 Å². The van der Waals surface area contributed by atoms with Crippen LogP contribution in [0.5, 0.6) is 0 Å². The summed E-state index contributed by atoms with van der Waals surface area (Å²) in [5.74, 6) is -0.774. The maximum absolute atomic E-state index is 11.8. The lowest BCUT2D eigenvalue weighted by molar-refractivity contribution is -0.438. The van der Waals surface area contributed by atoms with Crippen LogP contribution >= 0.6 is 12.0 Å². The van der Waals surface area contributed by atoms with Gasteiger partial charge in [-0.3, -0.25) is 9.35 Å². The van der Waals surface area contributed by atoms with Crippen LogP contribution in [0.4, 0.5) is 11.4 Å². The van der Waals surface area contributed by atoms with Crippen molar-refractivity contribution in [1.82, 2.24) is 0 Å². The van der Waals surface area contributed by atoms with Gasteiger partial charge in [0.05, 0.1) is 22.4 Å². The average Bonchev–Trinajstić information content (AvgIpc) is 3.43. The SMILES string of the molecule is CCN1\C(=C/C=C/C=C/C=C/C2=[N+](CCCCCC(=O)O)c3ccc4cc(SOOO)ccc4c3C2(C)C)C(C)(C)c2cc(S(=O)(=O)O)ccc21. The van der Waals surface area contributed by atoms with E-state index in [0.29, 0.717) is 13.0 Å². The lowest BCUT2D eigenvalue weighted by atomic mass is 9.79. The molecule has 2 aliphatic rings. The molecule has 0 radical (unpaired) electrons. The van der Waals surface area contributed by atoms with Crippen molar-refractivity contribution in [2.24, 2.45) is 0 Å². The van der Waals surface area contributed by atoms with E-state index in [4.69, 9.17) is 10.4 Å². The number of fused-ring (bicyclic) bond motifs is 4. The molecule has 0 aliphatic carbocycles. The number of hydrogen-bond donors (Lipinski definition) is 3. The third-order valence-electron chi connectivity index (χ3n) is 9.68. The van der Waals surface area contributed by atoms with Gasteiger partial charge in [-0.2, -0.15) is 13.0 Å². The van der Waals surface area contributed by atoms with Crippen LogP contribution < -0.4 is 4.90 Å². The Kier molecular flexibility index (Phi) is 11.7. The van der Waals surface area contributed by atoms with E-state index in [2.05, 4.69) is 57.0 Å². The second-order valence-electron chi connectivity index (χ2n) is 13.6. The number of benzene rings is 3. The van der Waals surface area contributed by atoms with Gasteiger partial charge in [-0.25, -0.2) is 5.26 Å². The molecule has 3 aromatic carbocycles. The molecule has 0 atom stereocenters. The first-order chi connectivity index (χ1) is 24.2. The number of nitrogens with zero attached hydrogens (tertiary/aromatic N) is 2. The van der Waals surface area contributed by atoms with Gasteiger partial charge in [-0.15, -0.1) is 4.33 Å². The van der Waals surface area contributed by atoms with Crippen molar-refractivity contribution in [3.8, 4) is 0 Å². The van der Waals surface area contributed by atoms with Crippen molar-refractivity contribution < 1.29 is 42.1 Å². The number of allylic oxidation sites excluding steroid dienone is 8. The standard InChI is InChI=1S/C39H44N2O8S2/c1-6-40-32-23-20-29(51(45,46)47)26-31(32)38(2,3)34(40)15-11-8-7-9-12-16-35-39(4,5)37-30-21-19-28(50-49-48-44)25-27(30)18-22-33(37)41(35)24-14-10-13-17-36(42)43/h7-9,11-12,15-16,18-23,25-26H,6,10,13-14,17,24H2,1-5H3,(H2-,42,43,44,45,46,47)/p+1. The smallest absolute Gasteiger partial charge is 0.303 e. The van der Waals surface area contributed by atoms with Crippen LogP contribution in [0.2, 0.25) is 0 Å². The number of carboxylic acid groups (broad SMARTS) is 1. The van der Waals surface area contributed by atoms with Crippen molar-refractivity contribution >= 4 is 56.0 Å². The first-order valence-electron chi connectivity index (χ1n) is 16.9. The highest BCUT2D eigenvalue weighted by atomic mass is 32.2. The largest absolute Gasteiger partial charge is 0.481 e. The van der Waals surface area contributed by atoms with Crippen LogP contribution in [-0.2, 0) is 35.1 Å². The maximum Gasteiger partial charge on any atom is 0.303 e. The third-order valence-corrected chi connectivity index (χ3v) is 11.1. The zero-order valence-electron chi connectivity index (χ0n) is 29.5. The molecule has 0 saturated carbocycles. The molecule has 0 bridgehead atoms. The van der Waals surface area contributed by atoms with Crippen molar-refractivity contribution in [2.45, 2.75) is 80.9 Å². The van der Waals surface area contributed by atoms with E-state index < -0.39 is 21.5 Å². The van der Waals surface area contributed by atoms with Crippen LogP contribution in [-0.4, -0.2) is 52.7 Å². The van der Waals surface area contributed by atoms with Gasteiger partial charge >= 0.3 is 5.97 Å². The summed E-state index contributed by atoms with van der Waals surface area (Å²) in [5, 5.41) is 23.6. The summed E-state index contributed by atoms with van der Waals surface area (Å²) in [6.45, 7) is 12.0. The second kappa shape index (κ2) is 15.7. The van der Waals surface area contributed by atoms with Crippen LogP contribution in [0.1, 0.15) is 71.4 Å². The molecule has 0 unspecified atom stereocenters. The minimum atomic E-state index is -4.31. The van der Waals surface area contributed by atoms with Gasteiger partial charge in [0, 0.05) is 58.8 Å². The molecule has 3 N–H and O–H groups in total.